The third kappa shape index (κ3) is 4.84. The summed E-state index contributed by atoms with van der Waals surface area (Å²) in [5.74, 6) is 2.16. The van der Waals surface area contributed by atoms with Gasteiger partial charge in [-0.25, -0.2) is 0 Å². The van der Waals surface area contributed by atoms with Crippen LogP contribution in [0.15, 0.2) is 24.3 Å². The van der Waals surface area contributed by atoms with Crippen molar-refractivity contribution in [2.24, 2.45) is 0 Å². The molecule has 0 aliphatic carbocycles. The molecule has 0 aliphatic heterocycles. The molecule has 96 valence electrons. The second-order valence-electron chi connectivity index (χ2n) is 3.71. The van der Waals surface area contributed by atoms with E-state index in [0.29, 0.717) is 18.5 Å². The van der Waals surface area contributed by atoms with Crippen molar-refractivity contribution in [2.45, 2.75) is 19.4 Å². The van der Waals surface area contributed by atoms with Gasteiger partial charge in [-0.05, 0) is 18.6 Å². The van der Waals surface area contributed by atoms with Crippen LogP contribution in [0.3, 0.4) is 0 Å². The van der Waals surface area contributed by atoms with Crippen molar-refractivity contribution in [3.63, 3.8) is 0 Å². The Hall–Kier alpha value is -0.930. The molecule has 0 bridgehead atoms. The molecule has 4 heteroatoms. The normalized spacial score (nSPS) is 12.2. The highest BCUT2D eigenvalue weighted by Crippen LogP contribution is 2.25. The van der Waals surface area contributed by atoms with Gasteiger partial charge in [-0.3, -0.25) is 0 Å². The molecule has 17 heavy (non-hydrogen) atoms. The number of hydrogen-bond acceptors (Lipinski definition) is 3. The summed E-state index contributed by atoms with van der Waals surface area (Å²) in [6.07, 6.45) is 1.03. The predicted octanol–water partition coefficient (Wildman–Crippen LogP) is 2.68. The molecular weight excluding hydrogens is 238 g/mol. The zero-order valence-electron chi connectivity index (χ0n) is 10.4. The Morgan fingerprint density at radius 3 is 2.59 bits per heavy atom. The van der Waals surface area contributed by atoms with Gasteiger partial charge in [0.05, 0.1) is 7.11 Å². The molecule has 0 saturated carbocycles. The van der Waals surface area contributed by atoms with E-state index in [9.17, 15) is 0 Å². The summed E-state index contributed by atoms with van der Waals surface area (Å²) < 4.78 is 10.8. The standard InChI is InChI=1S/C13H20ClNO2/c1-3-11(10-14)15-8-9-17-13-7-5-4-6-12(13)16-2/h4-7,11,15H,3,8-10H2,1-2H3. The van der Waals surface area contributed by atoms with E-state index >= 15 is 0 Å². The average Bonchev–Trinajstić information content (AvgIpc) is 2.39. The van der Waals surface area contributed by atoms with E-state index in [1.807, 2.05) is 24.3 Å². The summed E-state index contributed by atoms with van der Waals surface area (Å²) in [5, 5.41) is 3.33. The molecule has 1 aromatic carbocycles. The zero-order valence-corrected chi connectivity index (χ0v) is 11.2. The first-order chi connectivity index (χ1) is 8.31. The molecule has 3 nitrogen and oxygen atoms in total. The van der Waals surface area contributed by atoms with Gasteiger partial charge < -0.3 is 14.8 Å². The first kappa shape index (κ1) is 14.1. The Labute approximate surface area is 108 Å². The number of alkyl halides is 1. The van der Waals surface area contributed by atoms with Crippen LogP contribution in [0.1, 0.15) is 13.3 Å². The SMILES string of the molecule is CCC(CCl)NCCOc1ccccc1OC. The fourth-order valence-corrected chi connectivity index (χ4v) is 1.80. The molecule has 0 fully saturated rings. The van der Waals surface area contributed by atoms with Gasteiger partial charge in [0.25, 0.3) is 0 Å². The quantitative estimate of drug-likeness (QED) is 0.574. The molecule has 1 aromatic rings. The number of para-hydroxylation sites is 2. The summed E-state index contributed by atoms with van der Waals surface area (Å²) in [7, 11) is 1.64. The number of ether oxygens (including phenoxy) is 2. The van der Waals surface area contributed by atoms with E-state index in [2.05, 4.69) is 12.2 Å². The minimum Gasteiger partial charge on any atom is -0.493 e. The lowest BCUT2D eigenvalue weighted by atomic mass is 10.2. The maximum Gasteiger partial charge on any atom is 0.161 e. The van der Waals surface area contributed by atoms with Crippen molar-refractivity contribution < 1.29 is 9.47 Å². The van der Waals surface area contributed by atoms with E-state index in [1.165, 1.54) is 0 Å². The van der Waals surface area contributed by atoms with E-state index in [4.69, 9.17) is 21.1 Å². The molecule has 0 heterocycles. The lowest BCUT2D eigenvalue weighted by Gasteiger charge is -2.14. The average molecular weight is 258 g/mol. The molecule has 1 rings (SSSR count). The van der Waals surface area contributed by atoms with Crippen LogP contribution in [-0.4, -0.2) is 32.2 Å². The first-order valence-electron chi connectivity index (χ1n) is 5.87. The van der Waals surface area contributed by atoms with Crippen LogP contribution in [0.2, 0.25) is 0 Å². The fraction of sp³-hybridized carbons (Fsp3) is 0.538. The summed E-state index contributed by atoms with van der Waals surface area (Å²) in [6.45, 7) is 3.50. The number of nitrogens with one attached hydrogen (secondary N) is 1. The van der Waals surface area contributed by atoms with Crippen molar-refractivity contribution in [2.75, 3.05) is 26.1 Å². The van der Waals surface area contributed by atoms with Crippen LogP contribution in [-0.2, 0) is 0 Å². The lowest BCUT2D eigenvalue weighted by Crippen LogP contribution is -2.33. The molecule has 0 aromatic heterocycles. The van der Waals surface area contributed by atoms with Crippen molar-refractivity contribution in [3.05, 3.63) is 24.3 Å². The zero-order chi connectivity index (χ0) is 12.5. The number of benzene rings is 1. The number of methoxy groups -OCH3 is 1. The van der Waals surface area contributed by atoms with Crippen molar-refractivity contribution in [1.82, 2.24) is 5.32 Å². The minimum atomic E-state index is 0.359. The molecule has 0 aliphatic rings. The lowest BCUT2D eigenvalue weighted by molar-refractivity contribution is 0.287. The summed E-state index contributed by atoms with van der Waals surface area (Å²) >= 11 is 5.79. The summed E-state index contributed by atoms with van der Waals surface area (Å²) in [5.41, 5.74) is 0. The monoisotopic (exact) mass is 257 g/mol. The maximum absolute atomic E-state index is 5.79. The molecule has 1 atom stereocenters. The van der Waals surface area contributed by atoms with E-state index in [1.54, 1.807) is 7.11 Å². The van der Waals surface area contributed by atoms with Crippen LogP contribution < -0.4 is 14.8 Å². The summed E-state index contributed by atoms with van der Waals surface area (Å²) in [6, 6.07) is 8.00. The molecule has 1 unspecified atom stereocenters. The summed E-state index contributed by atoms with van der Waals surface area (Å²) in [4.78, 5) is 0. The van der Waals surface area contributed by atoms with Crippen LogP contribution in [0.25, 0.3) is 0 Å². The second kappa shape index (κ2) is 8.20. The van der Waals surface area contributed by atoms with Crippen molar-refractivity contribution in [3.8, 4) is 11.5 Å². The minimum absolute atomic E-state index is 0.359. The Bertz CT molecular complexity index is 316. The van der Waals surface area contributed by atoms with Crippen molar-refractivity contribution in [1.29, 1.82) is 0 Å². The van der Waals surface area contributed by atoms with Gasteiger partial charge in [-0.2, -0.15) is 0 Å². The van der Waals surface area contributed by atoms with Gasteiger partial charge in [0.15, 0.2) is 11.5 Å². The Balaban J connectivity index is 2.30. The fourth-order valence-electron chi connectivity index (χ4n) is 1.47. The van der Waals surface area contributed by atoms with Gasteiger partial charge in [0.1, 0.15) is 6.61 Å². The molecule has 0 radical (unpaired) electrons. The Morgan fingerprint density at radius 1 is 1.29 bits per heavy atom. The third-order valence-corrected chi connectivity index (χ3v) is 2.91. The smallest absolute Gasteiger partial charge is 0.161 e. The highest BCUT2D eigenvalue weighted by atomic mass is 35.5. The number of rotatable bonds is 8. The Kier molecular flexibility index (Phi) is 6.82. The number of hydrogen-bond donors (Lipinski definition) is 1. The molecule has 0 amide bonds. The highest BCUT2D eigenvalue weighted by Gasteiger charge is 2.04. The van der Waals surface area contributed by atoms with E-state index in [-0.39, 0.29) is 0 Å². The van der Waals surface area contributed by atoms with Crippen molar-refractivity contribution >= 4 is 11.6 Å². The maximum atomic E-state index is 5.79. The highest BCUT2D eigenvalue weighted by molar-refractivity contribution is 6.18. The molecule has 1 N–H and O–H groups in total. The Morgan fingerprint density at radius 2 is 2.00 bits per heavy atom. The van der Waals surface area contributed by atoms with Crippen LogP contribution in [0.4, 0.5) is 0 Å². The van der Waals surface area contributed by atoms with Crippen LogP contribution in [0, 0.1) is 0 Å². The predicted molar refractivity (Wildman–Crippen MR) is 71.3 cm³/mol. The van der Waals surface area contributed by atoms with E-state index < -0.39 is 0 Å². The third-order valence-electron chi connectivity index (χ3n) is 2.54. The second-order valence-corrected chi connectivity index (χ2v) is 4.02. The molecule has 0 spiro atoms. The van der Waals surface area contributed by atoms with E-state index in [0.717, 1.165) is 24.5 Å². The largest absolute Gasteiger partial charge is 0.493 e. The van der Waals surface area contributed by atoms with Gasteiger partial charge in [-0.1, -0.05) is 19.1 Å². The van der Waals surface area contributed by atoms with Gasteiger partial charge >= 0.3 is 0 Å². The topological polar surface area (TPSA) is 30.5 Å². The molecular formula is C13H20ClNO2. The van der Waals surface area contributed by atoms with Crippen LogP contribution >= 0.6 is 11.6 Å². The number of halogens is 1. The van der Waals surface area contributed by atoms with Gasteiger partial charge in [0.2, 0.25) is 0 Å². The van der Waals surface area contributed by atoms with Gasteiger partial charge in [0, 0.05) is 18.5 Å². The molecule has 0 saturated heterocycles. The first-order valence-corrected chi connectivity index (χ1v) is 6.40. The van der Waals surface area contributed by atoms with Crippen LogP contribution in [0.5, 0.6) is 11.5 Å². The van der Waals surface area contributed by atoms with Gasteiger partial charge in [-0.15, -0.1) is 11.6 Å².